The van der Waals surface area contributed by atoms with E-state index >= 15 is 0 Å². The van der Waals surface area contributed by atoms with Crippen LogP contribution in [0.2, 0.25) is 0 Å². The van der Waals surface area contributed by atoms with Gasteiger partial charge in [-0.25, -0.2) is 4.79 Å². The summed E-state index contributed by atoms with van der Waals surface area (Å²) in [5, 5.41) is 10.5. The molecule has 3 amide bonds. The second-order valence-corrected chi connectivity index (χ2v) is 6.86. The third-order valence-corrected chi connectivity index (χ3v) is 5.15. The summed E-state index contributed by atoms with van der Waals surface area (Å²) in [6.07, 6.45) is 0. The lowest BCUT2D eigenvalue weighted by Gasteiger charge is -2.21. The molecule has 1 aromatic carbocycles. The number of carbonyl (C=O) groups excluding carboxylic acids is 2. The van der Waals surface area contributed by atoms with Crippen molar-refractivity contribution in [2.45, 2.75) is 32.5 Å². The fourth-order valence-electron chi connectivity index (χ4n) is 2.64. The van der Waals surface area contributed by atoms with Gasteiger partial charge in [0, 0.05) is 18.0 Å². The Balaban J connectivity index is 1.69. The lowest BCUT2D eigenvalue weighted by Crippen LogP contribution is -2.40. The second kappa shape index (κ2) is 6.14. The Hall–Kier alpha value is -2.18. The van der Waals surface area contributed by atoms with Gasteiger partial charge < -0.3 is 10.6 Å². The SMILES string of the molecule is Cc1ccsc1CNCc1cccc(C2(C)NC(=O)NC2=O)c1. The van der Waals surface area contributed by atoms with Gasteiger partial charge >= 0.3 is 6.03 Å². The highest BCUT2D eigenvalue weighted by atomic mass is 32.1. The fraction of sp³-hybridized carbons (Fsp3) is 0.294. The predicted molar refractivity (Wildman–Crippen MR) is 90.1 cm³/mol. The molecule has 1 atom stereocenters. The summed E-state index contributed by atoms with van der Waals surface area (Å²) in [5.74, 6) is -0.318. The van der Waals surface area contributed by atoms with Gasteiger partial charge in [0.2, 0.25) is 0 Å². The maximum Gasteiger partial charge on any atom is 0.322 e. The number of hydrogen-bond acceptors (Lipinski definition) is 4. The summed E-state index contributed by atoms with van der Waals surface area (Å²) >= 11 is 1.75. The summed E-state index contributed by atoms with van der Waals surface area (Å²) in [4.78, 5) is 24.8. The van der Waals surface area contributed by atoms with E-state index in [1.807, 2.05) is 24.3 Å². The smallest absolute Gasteiger partial charge is 0.320 e. The molecule has 0 aliphatic carbocycles. The van der Waals surface area contributed by atoms with E-state index in [0.717, 1.165) is 17.7 Å². The molecule has 2 aromatic rings. The summed E-state index contributed by atoms with van der Waals surface area (Å²) < 4.78 is 0. The van der Waals surface area contributed by atoms with Gasteiger partial charge in [-0.3, -0.25) is 10.1 Å². The zero-order chi connectivity index (χ0) is 16.4. The average Bonchev–Trinajstić information content (AvgIpc) is 3.03. The fourth-order valence-corrected chi connectivity index (χ4v) is 3.52. The van der Waals surface area contributed by atoms with E-state index in [2.05, 4.69) is 34.3 Å². The van der Waals surface area contributed by atoms with Crippen molar-refractivity contribution in [1.82, 2.24) is 16.0 Å². The molecule has 23 heavy (non-hydrogen) atoms. The number of rotatable bonds is 5. The number of urea groups is 1. The maximum atomic E-state index is 12.0. The summed E-state index contributed by atoms with van der Waals surface area (Å²) in [5.41, 5.74) is 2.16. The molecule has 3 rings (SSSR count). The number of carbonyl (C=O) groups is 2. The Morgan fingerprint density at radius 3 is 2.70 bits per heavy atom. The average molecular weight is 329 g/mol. The minimum absolute atomic E-state index is 0.318. The first-order valence-corrected chi connectivity index (χ1v) is 8.34. The highest BCUT2D eigenvalue weighted by Crippen LogP contribution is 2.25. The number of nitrogens with one attached hydrogen (secondary N) is 3. The Morgan fingerprint density at radius 2 is 2.04 bits per heavy atom. The molecule has 0 bridgehead atoms. The number of aryl methyl sites for hydroxylation is 1. The van der Waals surface area contributed by atoms with E-state index in [4.69, 9.17) is 0 Å². The third-order valence-electron chi connectivity index (χ3n) is 4.13. The van der Waals surface area contributed by atoms with Gasteiger partial charge in [-0.2, -0.15) is 0 Å². The Labute approximate surface area is 139 Å². The lowest BCUT2D eigenvalue weighted by molar-refractivity contribution is -0.123. The van der Waals surface area contributed by atoms with Crippen molar-refractivity contribution in [3.63, 3.8) is 0 Å². The van der Waals surface area contributed by atoms with Gasteiger partial charge in [0.05, 0.1) is 0 Å². The maximum absolute atomic E-state index is 12.0. The number of benzene rings is 1. The van der Waals surface area contributed by atoms with Gasteiger partial charge in [-0.15, -0.1) is 11.3 Å². The zero-order valence-electron chi connectivity index (χ0n) is 13.1. The summed E-state index contributed by atoms with van der Waals surface area (Å²) in [6.45, 7) is 5.35. The van der Waals surface area contributed by atoms with E-state index in [0.29, 0.717) is 6.54 Å². The Bertz CT molecular complexity index is 756. The highest BCUT2D eigenvalue weighted by molar-refractivity contribution is 7.10. The molecule has 1 aliphatic heterocycles. The molecular formula is C17H19N3O2S. The molecule has 120 valence electrons. The molecule has 3 N–H and O–H groups in total. The van der Waals surface area contributed by atoms with Crippen molar-refractivity contribution in [2.24, 2.45) is 0 Å². The molecule has 0 saturated carbocycles. The van der Waals surface area contributed by atoms with Crippen LogP contribution in [0.4, 0.5) is 4.79 Å². The molecule has 1 saturated heterocycles. The van der Waals surface area contributed by atoms with Crippen molar-refractivity contribution < 1.29 is 9.59 Å². The number of imide groups is 1. The Kier molecular flexibility index (Phi) is 4.19. The monoisotopic (exact) mass is 329 g/mol. The third kappa shape index (κ3) is 3.13. The standard InChI is InChI=1S/C17H19N3O2S/c1-11-6-7-23-14(11)10-18-9-12-4-3-5-13(8-12)17(2)15(21)19-16(22)20-17/h3-8,18H,9-10H2,1-2H3,(H2,19,20,21,22). The van der Waals surface area contributed by atoms with E-state index in [-0.39, 0.29) is 5.91 Å². The molecule has 6 heteroatoms. The molecule has 1 aliphatic rings. The van der Waals surface area contributed by atoms with Crippen LogP contribution in [0.5, 0.6) is 0 Å². The topological polar surface area (TPSA) is 70.2 Å². The first-order valence-electron chi connectivity index (χ1n) is 7.46. The van der Waals surface area contributed by atoms with Crippen LogP contribution in [0.15, 0.2) is 35.7 Å². The van der Waals surface area contributed by atoms with Crippen LogP contribution < -0.4 is 16.0 Å². The van der Waals surface area contributed by atoms with Gasteiger partial charge in [0.25, 0.3) is 5.91 Å². The van der Waals surface area contributed by atoms with Crippen molar-refractivity contribution in [1.29, 1.82) is 0 Å². The van der Waals surface area contributed by atoms with Crippen LogP contribution >= 0.6 is 11.3 Å². The van der Waals surface area contributed by atoms with E-state index in [9.17, 15) is 9.59 Å². The Morgan fingerprint density at radius 1 is 1.22 bits per heavy atom. The lowest BCUT2D eigenvalue weighted by atomic mass is 9.91. The van der Waals surface area contributed by atoms with E-state index in [1.54, 1.807) is 18.3 Å². The molecular weight excluding hydrogens is 310 g/mol. The van der Waals surface area contributed by atoms with Crippen molar-refractivity contribution in [3.05, 3.63) is 57.3 Å². The molecule has 1 unspecified atom stereocenters. The highest BCUT2D eigenvalue weighted by Gasteiger charge is 2.43. The predicted octanol–water partition coefficient (Wildman–Crippen LogP) is 2.40. The molecule has 2 heterocycles. The van der Waals surface area contributed by atoms with Gasteiger partial charge in [-0.05, 0) is 42.0 Å². The number of amides is 3. The van der Waals surface area contributed by atoms with Gasteiger partial charge in [-0.1, -0.05) is 24.3 Å². The van der Waals surface area contributed by atoms with Crippen molar-refractivity contribution in [3.8, 4) is 0 Å². The number of hydrogen-bond donors (Lipinski definition) is 3. The first-order chi connectivity index (χ1) is 11.0. The van der Waals surface area contributed by atoms with Crippen LogP contribution in [-0.2, 0) is 23.4 Å². The van der Waals surface area contributed by atoms with Crippen molar-refractivity contribution in [2.75, 3.05) is 0 Å². The van der Waals surface area contributed by atoms with Crippen LogP contribution in [0.1, 0.15) is 28.5 Å². The minimum Gasteiger partial charge on any atom is -0.320 e. The normalized spacial score (nSPS) is 20.4. The summed E-state index contributed by atoms with van der Waals surface area (Å²) in [6, 6.07) is 9.40. The van der Waals surface area contributed by atoms with Crippen LogP contribution in [0.25, 0.3) is 0 Å². The van der Waals surface area contributed by atoms with E-state index < -0.39 is 11.6 Å². The van der Waals surface area contributed by atoms with Crippen molar-refractivity contribution >= 4 is 23.3 Å². The quantitative estimate of drug-likeness (QED) is 0.738. The van der Waals surface area contributed by atoms with E-state index in [1.165, 1.54) is 10.4 Å². The molecule has 0 spiro atoms. The zero-order valence-corrected chi connectivity index (χ0v) is 13.9. The summed E-state index contributed by atoms with van der Waals surface area (Å²) in [7, 11) is 0. The second-order valence-electron chi connectivity index (χ2n) is 5.86. The first kappa shape index (κ1) is 15.7. The van der Waals surface area contributed by atoms with Crippen LogP contribution in [0, 0.1) is 6.92 Å². The van der Waals surface area contributed by atoms with Gasteiger partial charge in [0.1, 0.15) is 5.54 Å². The molecule has 1 aromatic heterocycles. The largest absolute Gasteiger partial charge is 0.322 e. The molecule has 1 fully saturated rings. The number of thiophene rings is 1. The minimum atomic E-state index is -1.00. The molecule has 5 nitrogen and oxygen atoms in total. The molecule has 0 radical (unpaired) electrons. The van der Waals surface area contributed by atoms with Crippen LogP contribution in [-0.4, -0.2) is 11.9 Å². The van der Waals surface area contributed by atoms with Gasteiger partial charge in [0.15, 0.2) is 0 Å². The van der Waals surface area contributed by atoms with Crippen LogP contribution in [0.3, 0.4) is 0 Å².